The van der Waals surface area contributed by atoms with Crippen molar-refractivity contribution in [2.24, 2.45) is 4.99 Å². The molecule has 0 unspecified atom stereocenters. The Morgan fingerprint density at radius 3 is 2.95 bits per heavy atom. The molecule has 1 saturated heterocycles. The molecule has 1 aromatic rings. The molecule has 108 valence electrons. The van der Waals surface area contributed by atoms with E-state index in [1.165, 1.54) is 0 Å². The Bertz CT molecular complexity index is 660. The minimum Gasteiger partial charge on any atom is -0.315 e. The van der Waals surface area contributed by atoms with E-state index < -0.39 is 9.84 Å². The highest BCUT2D eigenvalue weighted by atomic mass is 35.5. The smallest absolute Gasteiger partial charge is 0.164 e. The predicted octanol–water partition coefficient (Wildman–Crippen LogP) is 2.43. The first-order chi connectivity index (χ1) is 9.50. The summed E-state index contributed by atoms with van der Waals surface area (Å²) in [6.45, 7) is 2.06. The fraction of sp³-hybridized carbons (Fsp3) is 0.462. The average Bonchev–Trinajstić information content (AvgIpc) is 2.80. The van der Waals surface area contributed by atoms with Gasteiger partial charge in [0.05, 0.1) is 23.6 Å². The van der Waals surface area contributed by atoms with E-state index in [-0.39, 0.29) is 23.6 Å². The zero-order valence-corrected chi connectivity index (χ0v) is 13.4. The number of nitrogens with zero attached hydrogens (tertiary/aromatic N) is 2. The van der Waals surface area contributed by atoms with Crippen LogP contribution < -0.4 is 4.90 Å². The van der Waals surface area contributed by atoms with Crippen molar-refractivity contribution in [3.05, 3.63) is 29.3 Å². The number of fused-ring (bicyclic) bond motifs is 1. The van der Waals surface area contributed by atoms with Crippen molar-refractivity contribution in [1.29, 1.82) is 0 Å². The molecule has 20 heavy (non-hydrogen) atoms. The number of thioether (sulfide) groups is 1. The second kappa shape index (κ2) is 5.24. The molecule has 2 atom stereocenters. The molecule has 0 N–H and O–H groups in total. The van der Waals surface area contributed by atoms with Crippen LogP contribution in [-0.4, -0.2) is 42.9 Å². The summed E-state index contributed by atoms with van der Waals surface area (Å²) in [6, 6.07) is 7.27. The van der Waals surface area contributed by atoms with Gasteiger partial charge in [-0.15, -0.1) is 0 Å². The molecule has 4 nitrogen and oxygen atoms in total. The summed E-state index contributed by atoms with van der Waals surface area (Å²) in [4.78, 5) is 6.64. The SMILES string of the molecule is CCSC1=N[C@@H]2CS(=O)(=O)C[C@@H]2N1c1cccc(Cl)c1. The van der Waals surface area contributed by atoms with Crippen LogP contribution >= 0.6 is 23.4 Å². The Morgan fingerprint density at radius 1 is 1.45 bits per heavy atom. The largest absolute Gasteiger partial charge is 0.315 e. The summed E-state index contributed by atoms with van der Waals surface area (Å²) in [7, 11) is -2.99. The Kier molecular flexibility index (Phi) is 3.73. The minimum absolute atomic E-state index is 0.0903. The normalized spacial score (nSPS) is 27.5. The van der Waals surface area contributed by atoms with Gasteiger partial charge in [0.2, 0.25) is 0 Å². The van der Waals surface area contributed by atoms with Gasteiger partial charge in [0, 0.05) is 10.7 Å². The Hall–Kier alpha value is -0.720. The van der Waals surface area contributed by atoms with Gasteiger partial charge in [0.25, 0.3) is 0 Å². The van der Waals surface area contributed by atoms with Gasteiger partial charge < -0.3 is 4.90 Å². The lowest BCUT2D eigenvalue weighted by Crippen LogP contribution is -2.39. The highest BCUT2D eigenvalue weighted by Crippen LogP contribution is 2.35. The van der Waals surface area contributed by atoms with E-state index in [1.807, 2.05) is 29.2 Å². The van der Waals surface area contributed by atoms with Crippen LogP contribution in [0.15, 0.2) is 29.3 Å². The van der Waals surface area contributed by atoms with Gasteiger partial charge in [-0.05, 0) is 24.0 Å². The molecule has 0 aliphatic carbocycles. The van der Waals surface area contributed by atoms with Gasteiger partial charge >= 0.3 is 0 Å². The van der Waals surface area contributed by atoms with Crippen molar-refractivity contribution in [3.8, 4) is 0 Å². The highest BCUT2D eigenvalue weighted by molar-refractivity contribution is 8.14. The van der Waals surface area contributed by atoms with Gasteiger partial charge in [-0.25, -0.2) is 8.42 Å². The van der Waals surface area contributed by atoms with Crippen molar-refractivity contribution in [1.82, 2.24) is 0 Å². The Labute approximate surface area is 128 Å². The zero-order chi connectivity index (χ0) is 14.3. The first-order valence-electron chi connectivity index (χ1n) is 6.46. The van der Waals surface area contributed by atoms with Crippen LogP contribution in [0.25, 0.3) is 0 Å². The number of sulfone groups is 1. The summed E-state index contributed by atoms with van der Waals surface area (Å²) < 4.78 is 23.6. The number of hydrogen-bond acceptors (Lipinski definition) is 5. The maximum atomic E-state index is 11.8. The van der Waals surface area contributed by atoms with Crippen LogP contribution in [0.3, 0.4) is 0 Å². The number of benzene rings is 1. The van der Waals surface area contributed by atoms with Crippen LogP contribution in [0, 0.1) is 0 Å². The lowest BCUT2D eigenvalue weighted by molar-refractivity contribution is 0.601. The first kappa shape index (κ1) is 14.2. The summed E-state index contributed by atoms with van der Waals surface area (Å²) in [5.74, 6) is 1.23. The van der Waals surface area contributed by atoms with Gasteiger partial charge in [-0.2, -0.15) is 0 Å². The number of rotatable bonds is 2. The molecule has 0 spiro atoms. The maximum absolute atomic E-state index is 11.8. The van der Waals surface area contributed by atoms with E-state index in [0.717, 1.165) is 16.6 Å². The first-order valence-corrected chi connectivity index (χ1v) is 9.64. The molecule has 0 amide bonds. The average molecular weight is 331 g/mol. The lowest BCUT2D eigenvalue weighted by atomic mass is 10.1. The molecule has 0 aromatic heterocycles. The van der Waals surface area contributed by atoms with Gasteiger partial charge in [0.15, 0.2) is 15.0 Å². The molecule has 1 aromatic carbocycles. The molecule has 3 rings (SSSR count). The standard InChI is InChI=1S/C13H15ClN2O2S2/c1-2-19-13-15-11-7-20(17,18)8-12(11)16(13)10-5-3-4-9(14)6-10/h3-6,11-12H,2,7-8H2,1H3/t11-,12+/m1/s1. The second-order valence-electron chi connectivity index (χ2n) is 4.91. The summed E-state index contributed by atoms with van der Waals surface area (Å²) in [5.41, 5.74) is 0.918. The maximum Gasteiger partial charge on any atom is 0.164 e. The third-order valence-corrected chi connectivity index (χ3v) is 6.25. The quantitative estimate of drug-likeness (QED) is 0.835. The van der Waals surface area contributed by atoms with Crippen LogP contribution in [0.1, 0.15) is 6.92 Å². The van der Waals surface area contributed by atoms with Crippen molar-refractivity contribution >= 4 is 44.1 Å². The molecule has 2 aliphatic heterocycles. The second-order valence-corrected chi connectivity index (χ2v) is 8.73. The summed E-state index contributed by atoms with van der Waals surface area (Å²) >= 11 is 7.70. The zero-order valence-electron chi connectivity index (χ0n) is 11.0. The van der Waals surface area contributed by atoms with Crippen LogP contribution in [0.5, 0.6) is 0 Å². The molecule has 0 radical (unpaired) electrons. The topological polar surface area (TPSA) is 49.7 Å². The van der Waals surface area contributed by atoms with Crippen molar-refractivity contribution < 1.29 is 8.42 Å². The molecule has 0 bridgehead atoms. The van der Waals surface area contributed by atoms with E-state index in [1.54, 1.807) is 11.8 Å². The van der Waals surface area contributed by atoms with E-state index in [9.17, 15) is 8.42 Å². The molecular weight excluding hydrogens is 316 g/mol. The van der Waals surface area contributed by atoms with Gasteiger partial charge in [-0.3, -0.25) is 4.99 Å². The summed E-state index contributed by atoms with van der Waals surface area (Å²) in [5, 5.41) is 1.55. The predicted molar refractivity (Wildman–Crippen MR) is 85.7 cm³/mol. The van der Waals surface area contributed by atoms with E-state index >= 15 is 0 Å². The van der Waals surface area contributed by atoms with Crippen molar-refractivity contribution in [2.75, 3.05) is 22.2 Å². The molecule has 2 aliphatic rings. The fourth-order valence-corrected chi connectivity index (χ4v) is 5.57. The molecular formula is C13H15ClN2O2S2. The van der Waals surface area contributed by atoms with Crippen LogP contribution in [0.2, 0.25) is 5.02 Å². The third kappa shape index (κ3) is 2.56. The van der Waals surface area contributed by atoms with Gasteiger partial charge in [0.1, 0.15) is 0 Å². The third-order valence-electron chi connectivity index (χ3n) is 3.47. The highest BCUT2D eigenvalue weighted by Gasteiger charge is 2.46. The Balaban J connectivity index is 2.00. The summed E-state index contributed by atoms with van der Waals surface area (Å²) in [6.07, 6.45) is 0. The van der Waals surface area contributed by atoms with E-state index in [2.05, 4.69) is 11.9 Å². The number of halogens is 1. The Morgan fingerprint density at radius 2 is 2.25 bits per heavy atom. The lowest BCUT2D eigenvalue weighted by Gasteiger charge is -2.26. The number of amidine groups is 1. The molecule has 0 saturated carbocycles. The van der Waals surface area contributed by atoms with Gasteiger partial charge in [-0.1, -0.05) is 36.4 Å². The van der Waals surface area contributed by atoms with Crippen molar-refractivity contribution in [2.45, 2.75) is 19.0 Å². The van der Waals surface area contributed by atoms with E-state index in [4.69, 9.17) is 11.6 Å². The van der Waals surface area contributed by atoms with E-state index in [0.29, 0.717) is 5.02 Å². The van der Waals surface area contributed by atoms with Crippen LogP contribution in [0.4, 0.5) is 5.69 Å². The van der Waals surface area contributed by atoms with Crippen LogP contribution in [-0.2, 0) is 9.84 Å². The molecule has 1 fully saturated rings. The fourth-order valence-electron chi connectivity index (χ4n) is 2.69. The monoisotopic (exact) mass is 330 g/mol. The minimum atomic E-state index is -2.99. The number of hydrogen-bond donors (Lipinski definition) is 0. The van der Waals surface area contributed by atoms with Crippen molar-refractivity contribution in [3.63, 3.8) is 0 Å². The molecule has 7 heteroatoms. The number of aliphatic imine (C=N–C) groups is 1. The molecule has 2 heterocycles. The number of anilines is 1.